The van der Waals surface area contributed by atoms with Crippen molar-refractivity contribution in [3.63, 3.8) is 0 Å². The van der Waals surface area contributed by atoms with Crippen molar-refractivity contribution in [2.24, 2.45) is 5.92 Å². The Hall–Kier alpha value is -4.51. The molecule has 1 unspecified atom stereocenters. The number of carbonyl (C=O) groups is 2. The number of nitrogens with one attached hydrogen (secondary N) is 1. The second-order valence-corrected chi connectivity index (χ2v) is 9.77. The number of benzene rings is 3. The van der Waals surface area contributed by atoms with Gasteiger partial charge in [-0.1, -0.05) is 38.1 Å². The summed E-state index contributed by atoms with van der Waals surface area (Å²) in [4.78, 5) is 25.6. The number of amides is 1. The molecular formula is C32H36N2O6. The van der Waals surface area contributed by atoms with Crippen molar-refractivity contribution in [2.45, 2.75) is 45.8 Å². The third kappa shape index (κ3) is 8.24. The number of hydrogen-bond donors (Lipinski definition) is 1. The van der Waals surface area contributed by atoms with Crippen LogP contribution in [0, 0.1) is 17.2 Å². The van der Waals surface area contributed by atoms with Crippen LogP contribution in [0.4, 0.5) is 0 Å². The van der Waals surface area contributed by atoms with Gasteiger partial charge in [0.2, 0.25) is 0 Å². The maximum Gasteiger partial charge on any atom is 0.305 e. The van der Waals surface area contributed by atoms with Crippen molar-refractivity contribution in [2.75, 3.05) is 21.3 Å². The molecule has 0 heterocycles. The van der Waals surface area contributed by atoms with E-state index in [1.165, 1.54) is 7.11 Å². The van der Waals surface area contributed by atoms with E-state index in [2.05, 4.69) is 25.2 Å². The number of nitriles is 1. The van der Waals surface area contributed by atoms with E-state index in [1.807, 2.05) is 30.3 Å². The molecule has 0 bridgehead atoms. The van der Waals surface area contributed by atoms with Crippen LogP contribution in [-0.4, -0.2) is 33.2 Å². The number of nitrogens with zero attached hydrogens (tertiary/aromatic N) is 1. The quantitative estimate of drug-likeness (QED) is 0.272. The summed E-state index contributed by atoms with van der Waals surface area (Å²) in [7, 11) is 4.50. The third-order valence-electron chi connectivity index (χ3n) is 6.44. The Balaban J connectivity index is 1.90. The van der Waals surface area contributed by atoms with Crippen LogP contribution in [0.25, 0.3) is 0 Å². The van der Waals surface area contributed by atoms with Crippen LogP contribution in [0.15, 0.2) is 60.7 Å². The second kappa shape index (κ2) is 14.6. The van der Waals surface area contributed by atoms with E-state index in [0.29, 0.717) is 47.1 Å². The average Bonchev–Trinajstić information content (AvgIpc) is 2.97. The highest BCUT2D eigenvalue weighted by Gasteiger charge is 2.21. The number of rotatable bonds is 13. The monoisotopic (exact) mass is 544 g/mol. The highest BCUT2D eigenvalue weighted by molar-refractivity contribution is 5.96. The second-order valence-electron chi connectivity index (χ2n) is 9.77. The maximum atomic E-state index is 13.8. The van der Waals surface area contributed by atoms with Gasteiger partial charge < -0.3 is 24.3 Å². The number of aryl methyl sites for hydroxylation is 1. The lowest BCUT2D eigenvalue weighted by molar-refractivity contribution is -0.140. The summed E-state index contributed by atoms with van der Waals surface area (Å²) in [5.74, 6) is 1.46. The van der Waals surface area contributed by atoms with Crippen LogP contribution in [0.3, 0.4) is 0 Å². The highest BCUT2D eigenvalue weighted by atomic mass is 16.5. The molecule has 3 aromatic carbocycles. The molecule has 40 heavy (non-hydrogen) atoms. The predicted molar refractivity (Wildman–Crippen MR) is 151 cm³/mol. The fourth-order valence-corrected chi connectivity index (χ4v) is 4.36. The Morgan fingerprint density at radius 2 is 1.73 bits per heavy atom. The molecule has 0 spiro atoms. The molecule has 1 amide bonds. The standard InChI is InChI=1S/C32H36N2O6/c1-21(2)15-28(25-11-13-29(37-3)30(18-25)38-4)34-32(36)27-17-23(9-10-24(27)12-14-31(35)39-5)20-40-26-8-6-7-22(16-26)19-33/h6-11,13,16-18,21,28H,12,14-15,20H2,1-5H3,(H,34,36). The number of hydrogen-bond acceptors (Lipinski definition) is 7. The Kier molecular flexibility index (Phi) is 11.0. The van der Waals surface area contributed by atoms with Crippen molar-refractivity contribution in [3.05, 3.63) is 88.5 Å². The van der Waals surface area contributed by atoms with Crippen LogP contribution in [0.2, 0.25) is 0 Å². The molecule has 0 radical (unpaired) electrons. The molecule has 1 atom stereocenters. The van der Waals surface area contributed by atoms with Gasteiger partial charge in [-0.2, -0.15) is 5.26 Å². The fourth-order valence-electron chi connectivity index (χ4n) is 4.36. The molecular weight excluding hydrogens is 508 g/mol. The van der Waals surface area contributed by atoms with Crippen molar-refractivity contribution >= 4 is 11.9 Å². The zero-order valence-electron chi connectivity index (χ0n) is 23.7. The van der Waals surface area contributed by atoms with E-state index in [0.717, 1.165) is 16.7 Å². The first-order valence-electron chi connectivity index (χ1n) is 13.1. The van der Waals surface area contributed by atoms with Crippen LogP contribution < -0.4 is 19.5 Å². The van der Waals surface area contributed by atoms with Gasteiger partial charge in [0.1, 0.15) is 12.4 Å². The smallest absolute Gasteiger partial charge is 0.305 e. The minimum absolute atomic E-state index is 0.151. The summed E-state index contributed by atoms with van der Waals surface area (Å²) >= 11 is 0. The van der Waals surface area contributed by atoms with Crippen LogP contribution >= 0.6 is 0 Å². The minimum Gasteiger partial charge on any atom is -0.493 e. The molecule has 8 nitrogen and oxygen atoms in total. The number of esters is 1. The Bertz CT molecular complexity index is 1360. The first-order valence-corrected chi connectivity index (χ1v) is 13.1. The SMILES string of the molecule is COC(=O)CCc1ccc(COc2cccc(C#N)c2)cc1C(=O)NC(CC(C)C)c1ccc(OC)c(OC)c1. The molecule has 3 rings (SSSR count). The maximum absolute atomic E-state index is 13.8. The van der Waals surface area contributed by atoms with Crippen LogP contribution in [0.5, 0.6) is 17.2 Å². The van der Waals surface area contributed by atoms with Gasteiger partial charge in [-0.05, 0) is 71.8 Å². The van der Waals surface area contributed by atoms with Gasteiger partial charge in [0.25, 0.3) is 5.91 Å². The molecule has 8 heteroatoms. The van der Waals surface area contributed by atoms with Crippen LogP contribution in [-0.2, 0) is 22.6 Å². The van der Waals surface area contributed by atoms with Gasteiger partial charge in [-0.25, -0.2) is 0 Å². The first-order chi connectivity index (χ1) is 19.3. The Morgan fingerprint density at radius 1 is 0.950 bits per heavy atom. The summed E-state index contributed by atoms with van der Waals surface area (Å²) in [5.41, 5.74) is 3.37. The Labute approximate surface area is 235 Å². The zero-order valence-corrected chi connectivity index (χ0v) is 23.7. The normalized spacial score (nSPS) is 11.3. The van der Waals surface area contributed by atoms with E-state index in [4.69, 9.17) is 24.2 Å². The predicted octanol–water partition coefficient (Wildman–Crippen LogP) is 5.78. The number of ether oxygens (including phenoxy) is 4. The minimum atomic E-state index is -0.348. The lowest BCUT2D eigenvalue weighted by atomic mass is 9.95. The van der Waals surface area contributed by atoms with Crippen molar-refractivity contribution in [3.8, 4) is 23.3 Å². The van der Waals surface area contributed by atoms with Gasteiger partial charge in [-0.15, -0.1) is 0 Å². The van der Waals surface area contributed by atoms with Gasteiger partial charge in [0.05, 0.1) is 39.0 Å². The van der Waals surface area contributed by atoms with Gasteiger partial charge in [0, 0.05) is 12.0 Å². The van der Waals surface area contributed by atoms with Crippen molar-refractivity contribution < 1.29 is 28.5 Å². The summed E-state index contributed by atoms with van der Waals surface area (Å²) in [6.45, 7) is 4.40. The molecule has 0 fully saturated rings. The summed E-state index contributed by atoms with van der Waals surface area (Å²) < 4.78 is 21.6. The lowest BCUT2D eigenvalue weighted by Crippen LogP contribution is -2.30. The van der Waals surface area contributed by atoms with E-state index in [9.17, 15) is 9.59 Å². The number of methoxy groups -OCH3 is 3. The largest absolute Gasteiger partial charge is 0.493 e. The van der Waals surface area contributed by atoms with E-state index >= 15 is 0 Å². The highest BCUT2D eigenvalue weighted by Crippen LogP contribution is 2.32. The zero-order chi connectivity index (χ0) is 29.1. The van der Waals surface area contributed by atoms with Gasteiger partial charge >= 0.3 is 5.97 Å². The van der Waals surface area contributed by atoms with Crippen LogP contribution in [0.1, 0.15) is 65.3 Å². The molecule has 0 aliphatic heterocycles. The third-order valence-corrected chi connectivity index (χ3v) is 6.44. The van der Waals surface area contributed by atoms with E-state index < -0.39 is 0 Å². The summed E-state index contributed by atoms with van der Waals surface area (Å²) in [6, 6.07) is 19.9. The number of carbonyl (C=O) groups excluding carboxylic acids is 2. The van der Waals surface area contributed by atoms with E-state index in [-0.39, 0.29) is 30.9 Å². The molecule has 1 N–H and O–H groups in total. The fraction of sp³-hybridized carbons (Fsp3) is 0.344. The average molecular weight is 545 g/mol. The van der Waals surface area contributed by atoms with E-state index in [1.54, 1.807) is 44.6 Å². The van der Waals surface area contributed by atoms with Gasteiger partial charge in [-0.3, -0.25) is 9.59 Å². The molecule has 0 aliphatic carbocycles. The van der Waals surface area contributed by atoms with Crippen molar-refractivity contribution in [1.29, 1.82) is 5.26 Å². The lowest BCUT2D eigenvalue weighted by Gasteiger charge is -2.23. The summed E-state index contributed by atoms with van der Waals surface area (Å²) in [6.07, 6.45) is 1.21. The molecule has 0 aliphatic rings. The van der Waals surface area contributed by atoms with Crippen molar-refractivity contribution in [1.82, 2.24) is 5.32 Å². The molecule has 0 saturated carbocycles. The topological polar surface area (TPSA) is 107 Å². The molecule has 0 saturated heterocycles. The molecule has 0 aromatic heterocycles. The summed E-state index contributed by atoms with van der Waals surface area (Å²) in [5, 5.41) is 12.4. The molecule has 3 aromatic rings. The van der Waals surface area contributed by atoms with Gasteiger partial charge in [0.15, 0.2) is 11.5 Å². The Morgan fingerprint density at radius 3 is 2.40 bits per heavy atom. The first kappa shape index (κ1) is 30.0. The molecule has 210 valence electrons.